The summed E-state index contributed by atoms with van der Waals surface area (Å²) in [5.74, 6) is -3.03. The fraction of sp³-hybridized carbons (Fsp3) is 0.833. The highest BCUT2D eigenvalue weighted by molar-refractivity contribution is 7.55. The number of esters is 1. The summed E-state index contributed by atoms with van der Waals surface area (Å²) in [4.78, 5) is 37.4. The molecule has 0 bridgehead atoms. The van der Waals surface area contributed by atoms with Gasteiger partial charge in [-0.25, -0.2) is 4.79 Å². The molecule has 0 saturated carbocycles. The lowest BCUT2D eigenvalue weighted by Gasteiger charge is -2.27. The van der Waals surface area contributed by atoms with E-state index in [1.165, 1.54) is 14.0 Å². The minimum absolute atomic E-state index is 0.126. The maximum Gasteiger partial charge on any atom is 0.356 e. The molecule has 1 unspecified atom stereocenters. The van der Waals surface area contributed by atoms with Gasteiger partial charge in [-0.15, -0.1) is 0 Å². The third-order valence-electron chi connectivity index (χ3n) is 3.81. The molecule has 0 aliphatic heterocycles. The van der Waals surface area contributed by atoms with Crippen LogP contribution in [0.4, 0.5) is 0 Å². The lowest BCUT2D eigenvalue weighted by atomic mass is 10.0. The molecule has 0 aromatic carbocycles. The van der Waals surface area contributed by atoms with E-state index in [-0.39, 0.29) is 5.92 Å². The normalized spacial score (nSPS) is 15.4. The summed E-state index contributed by atoms with van der Waals surface area (Å²) in [5, 5.41) is 7.64. The highest BCUT2D eigenvalue weighted by Crippen LogP contribution is 2.50. The molecule has 0 aromatic rings. The molecule has 0 saturated heterocycles. The first-order chi connectivity index (χ1) is 13.2. The Morgan fingerprint density at radius 3 is 1.86 bits per heavy atom. The lowest BCUT2D eigenvalue weighted by Crippen LogP contribution is -2.54. The Balaban J connectivity index is 5.21. The van der Waals surface area contributed by atoms with E-state index in [9.17, 15) is 18.9 Å². The van der Waals surface area contributed by atoms with E-state index in [0.717, 1.165) is 14.2 Å². The topological polar surface area (TPSA) is 132 Å². The van der Waals surface area contributed by atoms with Crippen LogP contribution >= 0.6 is 7.60 Å². The first kappa shape index (κ1) is 27.5. The Morgan fingerprint density at radius 2 is 1.48 bits per heavy atom. The molecular formula is C18H36N3O7P. The van der Waals surface area contributed by atoms with Crippen LogP contribution in [0.2, 0.25) is 0 Å². The van der Waals surface area contributed by atoms with Gasteiger partial charge in [-0.3, -0.25) is 19.5 Å². The summed E-state index contributed by atoms with van der Waals surface area (Å²) >= 11 is 0. The molecule has 170 valence electrons. The zero-order chi connectivity index (χ0) is 23.0. The summed E-state index contributed by atoms with van der Waals surface area (Å²) in [6.07, 6.45) is 0.378. The summed E-state index contributed by atoms with van der Waals surface area (Å²) in [5.41, 5.74) is -0.696. The Morgan fingerprint density at radius 1 is 0.966 bits per heavy atom. The molecule has 0 spiro atoms. The first-order valence-electron chi connectivity index (χ1n) is 9.42. The van der Waals surface area contributed by atoms with Crippen molar-refractivity contribution in [3.05, 3.63) is 0 Å². The molecule has 0 aliphatic rings. The molecular weight excluding hydrogens is 401 g/mol. The van der Waals surface area contributed by atoms with Crippen molar-refractivity contribution in [2.45, 2.75) is 71.4 Å². The quantitative estimate of drug-likeness (QED) is 0.326. The van der Waals surface area contributed by atoms with Gasteiger partial charge in [0.25, 0.3) is 0 Å². The van der Waals surface area contributed by atoms with E-state index in [4.69, 9.17) is 13.8 Å². The number of amides is 2. The zero-order valence-corrected chi connectivity index (χ0v) is 19.7. The van der Waals surface area contributed by atoms with Gasteiger partial charge in [-0.2, -0.15) is 0 Å². The van der Waals surface area contributed by atoms with Crippen LogP contribution in [0.15, 0.2) is 0 Å². The smallest absolute Gasteiger partial charge is 0.356 e. The van der Waals surface area contributed by atoms with E-state index in [0.29, 0.717) is 6.42 Å². The highest BCUT2D eigenvalue weighted by Gasteiger charge is 2.40. The maximum absolute atomic E-state index is 12.6. The van der Waals surface area contributed by atoms with Gasteiger partial charge in [0, 0.05) is 14.2 Å². The van der Waals surface area contributed by atoms with E-state index in [1.54, 1.807) is 20.8 Å². The van der Waals surface area contributed by atoms with Gasteiger partial charge in [0.05, 0.1) is 0 Å². The largest absolute Gasteiger partial charge is 0.458 e. The van der Waals surface area contributed by atoms with Gasteiger partial charge in [-0.05, 0) is 47.1 Å². The molecule has 0 fully saturated rings. The number of hydrogen-bond acceptors (Lipinski definition) is 8. The summed E-state index contributed by atoms with van der Waals surface area (Å²) in [7, 11) is -0.00677. The van der Waals surface area contributed by atoms with Gasteiger partial charge >= 0.3 is 13.6 Å². The van der Waals surface area contributed by atoms with Crippen LogP contribution < -0.4 is 16.0 Å². The summed E-state index contributed by atoms with van der Waals surface area (Å²) in [6.45, 7) is 10.5. The van der Waals surface area contributed by atoms with Crippen molar-refractivity contribution in [3.63, 3.8) is 0 Å². The molecule has 3 N–H and O–H groups in total. The van der Waals surface area contributed by atoms with Gasteiger partial charge in [0.2, 0.25) is 11.8 Å². The number of hydrogen-bond donors (Lipinski definition) is 3. The summed E-state index contributed by atoms with van der Waals surface area (Å²) < 4.78 is 27.5. The summed E-state index contributed by atoms with van der Waals surface area (Å²) in [6, 6.07) is -1.86. The van der Waals surface area contributed by atoms with Crippen LogP contribution in [0.5, 0.6) is 0 Å². The molecule has 29 heavy (non-hydrogen) atoms. The van der Waals surface area contributed by atoms with E-state index in [2.05, 4.69) is 16.0 Å². The molecule has 0 rings (SSSR count). The lowest BCUT2D eigenvalue weighted by molar-refractivity contribution is -0.159. The zero-order valence-electron chi connectivity index (χ0n) is 18.8. The van der Waals surface area contributed by atoms with Crippen LogP contribution in [0.3, 0.4) is 0 Å². The van der Waals surface area contributed by atoms with Crippen molar-refractivity contribution in [2.24, 2.45) is 5.92 Å². The van der Waals surface area contributed by atoms with Crippen molar-refractivity contribution < 1.29 is 32.7 Å². The number of likely N-dealkylation sites (N-methyl/N-ethyl adjacent to an activating group) is 1. The molecule has 0 aromatic heterocycles. The maximum atomic E-state index is 12.6. The standard InChI is InChI=1S/C18H36N3O7P/c1-11(2)10-13(17(24)28-18(4,5)6)21-14(22)12(3)20-15(23)16(19-7)29(25,26-8)27-9/h11-13,16,19H,10H2,1-9H3,(H,20,23)(H,21,22)/t12-,13+,16?/m1/s1. The molecule has 3 atom stereocenters. The van der Waals surface area contributed by atoms with Gasteiger partial charge in [-0.1, -0.05) is 13.8 Å². The fourth-order valence-electron chi connectivity index (χ4n) is 2.43. The van der Waals surface area contributed by atoms with Crippen molar-refractivity contribution >= 4 is 25.4 Å². The number of nitrogens with one attached hydrogen (secondary N) is 3. The molecule has 2 amide bonds. The van der Waals surface area contributed by atoms with Gasteiger partial charge in [0.1, 0.15) is 17.7 Å². The Hall–Kier alpha value is -1.48. The minimum atomic E-state index is -3.75. The van der Waals surface area contributed by atoms with Crippen LogP contribution in [0.1, 0.15) is 48.0 Å². The number of ether oxygens (including phenoxy) is 1. The number of carbonyl (C=O) groups is 3. The first-order valence-corrected chi connectivity index (χ1v) is 11.0. The Labute approximate surface area is 173 Å². The molecule has 11 heteroatoms. The molecule has 0 radical (unpaired) electrons. The van der Waals surface area contributed by atoms with Crippen LogP contribution in [-0.2, 0) is 32.7 Å². The predicted molar refractivity (Wildman–Crippen MR) is 109 cm³/mol. The van der Waals surface area contributed by atoms with E-state index in [1.807, 2.05) is 13.8 Å². The minimum Gasteiger partial charge on any atom is -0.458 e. The van der Waals surface area contributed by atoms with E-state index < -0.39 is 48.8 Å². The van der Waals surface area contributed by atoms with Crippen molar-refractivity contribution in [1.82, 2.24) is 16.0 Å². The monoisotopic (exact) mass is 437 g/mol. The highest BCUT2D eigenvalue weighted by atomic mass is 31.2. The number of carbonyl (C=O) groups excluding carboxylic acids is 3. The van der Waals surface area contributed by atoms with Crippen molar-refractivity contribution in [1.29, 1.82) is 0 Å². The van der Waals surface area contributed by atoms with Crippen molar-refractivity contribution in [3.8, 4) is 0 Å². The van der Waals surface area contributed by atoms with Crippen LogP contribution in [0, 0.1) is 5.92 Å². The van der Waals surface area contributed by atoms with Gasteiger partial charge in [0.15, 0.2) is 5.78 Å². The third kappa shape index (κ3) is 9.25. The second kappa shape index (κ2) is 11.6. The average Bonchev–Trinajstić information content (AvgIpc) is 2.59. The van der Waals surface area contributed by atoms with Crippen LogP contribution in [0.25, 0.3) is 0 Å². The molecule has 0 heterocycles. The average molecular weight is 437 g/mol. The third-order valence-corrected chi connectivity index (χ3v) is 5.96. The van der Waals surface area contributed by atoms with Gasteiger partial charge < -0.3 is 24.4 Å². The predicted octanol–water partition coefficient (Wildman–Crippen LogP) is 1.40. The van der Waals surface area contributed by atoms with Crippen molar-refractivity contribution in [2.75, 3.05) is 21.3 Å². The SMILES string of the molecule is CNC(C(=O)N[C@H](C)C(=O)N[C@@H](CC(C)C)C(=O)OC(C)(C)C)P(=O)(OC)OC. The Bertz CT molecular complexity index is 611. The fourth-order valence-corrected chi connectivity index (χ4v) is 3.68. The van der Waals surface area contributed by atoms with E-state index >= 15 is 0 Å². The van der Waals surface area contributed by atoms with Crippen LogP contribution in [-0.4, -0.2) is 62.5 Å². The Kier molecular flexibility index (Phi) is 11.0. The number of rotatable bonds is 11. The second-order valence-corrected chi connectivity index (χ2v) is 10.4. The molecule has 0 aliphatic carbocycles. The second-order valence-electron chi connectivity index (χ2n) is 8.05. The molecule has 10 nitrogen and oxygen atoms in total.